The van der Waals surface area contributed by atoms with Crippen molar-refractivity contribution in [2.45, 2.75) is 26.4 Å². The first-order valence-electron chi connectivity index (χ1n) is 8.99. The molecular weight excluding hydrogens is 459 g/mol. The van der Waals surface area contributed by atoms with E-state index in [9.17, 15) is 14.0 Å². The third-order valence-electron chi connectivity index (χ3n) is 4.27. The summed E-state index contributed by atoms with van der Waals surface area (Å²) in [5.74, 6) is -0.513. The van der Waals surface area contributed by atoms with Crippen molar-refractivity contribution < 1.29 is 28.0 Å². The Hall–Kier alpha value is -3.07. The summed E-state index contributed by atoms with van der Waals surface area (Å²) in [6.45, 7) is 1.41. The number of ketones is 1. The first kappa shape index (κ1) is 21.6. The van der Waals surface area contributed by atoms with Gasteiger partial charge in [0.25, 0.3) is 5.89 Å². The predicted octanol–water partition coefficient (Wildman–Crippen LogP) is 4.66. The lowest BCUT2D eigenvalue weighted by atomic mass is 10.1. The largest absolute Gasteiger partial charge is 0.496 e. The van der Waals surface area contributed by atoms with Gasteiger partial charge >= 0.3 is 5.97 Å². The van der Waals surface area contributed by atoms with E-state index in [1.54, 1.807) is 37.3 Å². The molecule has 0 spiro atoms. The second-order valence-corrected chi connectivity index (χ2v) is 7.32. The fourth-order valence-electron chi connectivity index (χ4n) is 2.63. The van der Waals surface area contributed by atoms with Crippen molar-refractivity contribution in [1.29, 1.82) is 0 Å². The summed E-state index contributed by atoms with van der Waals surface area (Å²) in [5, 5.41) is 3.76. The molecule has 0 saturated heterocycles. The minimum Gasteiger partial charge on any atom is -0.496 e. The molecule has 3 rings (SSSR count). The lowest BCUT2D eigenvalue weighted by Crippen LogP contribution is -2.09. The zero-order valence-corrected chi connectivity index (χ0v) is 17.9. The van der Waals surface area contributed by atoms with Gasteiger partial charge in [-0.25, -0.2) is 4.39 Å². The van der Waals surface area contributed by atoms with Crippen LogP contribution in [0.1, 0.15) is 34.7 Å². The third-order valence-corrected chi connectivity index (χ3v) is 4.77. The Labute approximate surface area is 180 Å². The monoisotopic (exact) mass is 476 g/mol. The van der Waals surface area contributed by atoms with Crippen LogP contribution in [-0.2, 0) is 16.1 Å². The minimum atomic E-state index is -0.585. The SMILES string of the molecule is COc1ccc(Br)cc1C(=O)CCC(=O)OCc1nc(-c2ccc(C)c(F)c2)no1. The average Bonchev–Trinajstić information content (AvgIpc) is 3.21. The number of methoxy groups -OCH3 is 1. The van der Waals surface area contributed by atoms with Gasteiger partial charge in [0.05, 0.1) is 19.1 Å². The van der Waals surface area contributed by atoms with Crippen LogP contribution < -0.4 is 4.74 Å². The van der Waals surface area contributed by atoms with Crippen LogP contribution >= 0.6 is 15.9 Å². The van der Waals surface area contributed by atoms with Crippen molar-refractivity contribution in [1.82, 2.24) is 10.1 Å². The minimum absolute atomic E-state index is 0.0383. The summed E-state index contributed by atoms with van der Waals surface area (Å²) in [5.41, 5.74) is 1.34. The zero-order valence-electron chi connectivity index (χ0n) is 16.3. The molecule has 0 unspecified atom stereocenters. The summed E-state index contributed by atoms with van der Waals surface area (Å²) in [6, 6.07) is 9.65. The van der Waals surface area contributed by atoms with Crippen molar-refractivity contribution >= 4 is 27.7 Å². The Morgan fingerprint density at radius 3 is 2.70 bits per heavy atom. The Morgan fingerprint density at radius 1 is 1.17 bits per heavy atom. The second kappa shape index (κ2) is 9.62. The molecule has 1 heterocycles. The number of halogens is 2. The topological polar surface area (TPSA) is 91.5 Å². The number of ether oxygens (including phenoxy) is 2. The normalized spacial score (nSPS) is 10.7. The molecule has 0 atom stereocenters. The lowest BCUT2D eigenvalue weighted by Gasteiger charge is -2.08. The molecular formula is C21H18BrFN2O5. The van der Waals surface area contributed by atoms with Crippen LogP contribution in [0.25, 0.3) is 11.4 Å². The molecule has 156 valence electrons. The maximum atomic E-state index is 13.7. The van der Waals surface area contributed by atoms with Gasteiger partial charge in [0.15, 0.2) is 12.4 Å². The molecule has 0 amide bonds. The molecule has 3 aromatic rings. The highest BCUT2D eigenvalue weighted by atomic mass is 79.9. The predicted molar refractivity (Wildman–Crippen MR) is 108 cm³/mol. The fraction of sp³-hybridized carbons (Fsp3) is 0.238. The van der Waals surface area contributed by atoms with Crippen molar-refractivity contribution in [3.05, 3.63) is 63.7 Å². The van der Waals surface area contributed by atoms with Crippen LogP contribution in [0.15, 0.2) is 45.4 Å². The standard InChI is InChI=1S/C21H18BrFN2O5/c1-12-3-4-13(9-16(12)23)21-24-19(30-25-21)11-29-20(27)8-6-17(26)15-10-14(22)5-7-18(15)28-2/h3-5,7,9-10H,6,8,11H2,1-2H3. The van der Waals surface area contributed by atoms with Crippen molar-refractivity contribution in [2.75, 3.05) is 7.11 Å². The number of aromatic nitrogens is 2. The van der Waals surface area contributed by atoms with E-state index < -0.39 is 5.97 Å². The second-order valence-electron chi connectivity index (χ2n) is 6.40. The molecule has 1 aromatic heterocycles. The number of rotatable bonds is 8. The van der Waals surface area contributed by atoms with Gasteiger partial charge in [-0.2, -0.15) is 4.98 Å². The molecule has 0 aliphatic carbocycles. The van der Waals surface area contributed by atoms with Gasteiger partial charge in [0.2, 0.25) is 5.82 Å². The lowest BCUT2D eigenvalue weighted by molar-refractivity contribution is -0.145. The van der Waals surface area contributed by atoms with Crippen molar-refractivity contribution in [3.63, 3.8) is 0 Å². The molecule has 0 bridgehead atoms. The van der Waals surface area contributed by atoms with E-state index in [1.807, 2.05) is 0 Å². The summed E-state index contributed by atoms with van der Waals surface area (Å²) < 4.78 is 29.7. The Bertz CT molecular complexity index is 1080. The molecule has 30 heavy (non-hydrogen) atoms. The van der Waals surface area contributed by atoms with Crippen LogP contribution in [-0.4, -0.2) is 29.0 Å². The van der Waals surface area contributed by atoms with Crippen molar-refractivity contribution in [3.8, 4) is 17.1 Å². The fourth-order valence-corrected chi connectivity index (χ4v) is 2.99. The highest BCUT2D eigenvalue weighted by molar-refractivity contribution is 9.10. The van der Waals surface area contributed by atoms with Gasteiger partial charge in [-0.05, 0) is 36.8 Å². The van der Waals surface area contributed by atoms with Crippen LogP contribution in [0.2, 0.25) is 0 Å². The van der Waals surface area contributed by atoms with E-state index in [0.29, 0.717) is 22.4 Å². The van der Waals surface area contributed by atoms with Gasteiger partial charge < -0.3 is 14.0 Å². The number of hydrogen-bond acceptors (Lipinski definition) is 7. The number of hydrogen-bond donors (Lipinski definition) is 0. The first-order chi connectivity index (χ1) is 14.4. The Kier molecular flexibility index (Phi) is 6.94. The molecule has 0 radical (unpaired) electrons. The van der Waals surface area contributed by atoms with E-state index in [1.165, 1.54) is 13.2 Å². The zero-order chi connectivity index (χ0) is 21.7. The highest BCUT2D eigenvalue weighted by Gasteiger charge is 2.16. The van der Waals surface area contributed by atoms with Gasteiger partial charge in [0.1, 0.15) is 11.6 Å². The average molecular weight is 477 g/mol. The molecule has 0 fully saturated rings. The number of esters is 1. The molecule has 2 aromatic carbocycles. The van der Waals surface area contributed by atoms with E-state index >= 15 is 0 Å². The summed E-state index contributed by atoms with van der Waals surface area (Å²) >= 11 is 3.31. The molecule has 0 N–H and O–H groups in total. The van der Waals surface area contributed by atoms with Crippen molar-refractivity contribution in [2.24, 2.45) is 0 Å². The third kappa shape index (κ3) is 5.29. The number of Topliss-reactive ketones (excluding diaryl/α,β-unsaturated/α-hetero) is 1. The number of carbonyl (C=O) groups excluding carboxylic acids is 2. The van der Waals surface area contributed by atoms with E-state index in [4.69, 9.17) is 14.0 Å². The van der Waals surface area contributed by atoms with Gasteiger partial charge in [-0.1, -0.05) is 33.2 Å². The number of carbonyl (C=O) groups is 2. The number of nitrogens with zero attached hydrogens (tertiary/aromatic N) is 2. The first-order valence-corrected chi connectivity index (χ1v) is 9.78. The van der Waals surface area contributed by atoms with Crippen LogP contribution in [0, 0.1) is 12.7 Å². The quantitative estimate of drug-likeness (QED) is 0.344. The summed E-state index contributed by atoms with van der Waals surface area (Å²) in [7, 11) is 1.47. The molecule has 0 aliphatic rings. The van der Waals surface area contributed by atoms with Gasteiger partial charge in [-0.15, -0.1) is 0 Å². The summed E-state index contributed by atoms with van der Waals surface area (Å²) in [6.07, 6.45) is -0.151. The Morgan fingerprint density at radius 2 is 1.97 bits per heavy atom. The molecule has 0 saturated carbocycles. The maximum absolute atomic E-state index is 13.7. The van der Waals surface area contributed by atoms with Crippen LogP contribution in [0.5, 0.6) is 5.75 Å². The number of aryl methyl sites for hydroxylation is 1. The van der Waals surface area contributed by atoms with E-state index in [0.717, 1.165) is 4.47 Å². The molecule has 0 aliphatic heterocycles. The van der Waals surface area contributed by atoms with Crippen LogP contribution in [0.4, 0.5) is 4.39 Å². The van der Waals surface area contributed by atoms with Gasteiger partial charge in [-0.3, -0.25) is 9.59 Å². The number of benzene rings is 2. The van der Waals surface area contributed by atoms with E-state index in [2.05, 4.69) is 26.1 Å². The maximum Gasteiger partial charge on any atom is 0.306 e. The van der Waals surface area contributed by atoms with Crippen LogP contribution in [0.3, 0.4) is 0 Å². The smallest absolute Gasteiger partial charge is 0.306 e. The van der Waals surface area contributed by atoms with Gasteiger partial charge in [0, 0.05) is 16.5 Å². The molecule has 7 nitrogen and oxygen atoms in total. The highest BCUT2D eigenvalue weighted by Crippen LogP contribution is 2.25. The van der Waals surface area contributed by atoms with E-state index in [-0.39, 0.29) is 42.8 Å². The Balaban J connectivity index is 1.53. The molecule has 9 heteroatoms. The summed E-state index contributed by atoms with van der Waals surface area (Å²) in [4.78, 5) is 28.5.